The van der Waals surface area contributed by atoms with E-state index in [1.165, 1.54) is 11.8 Å². The number of hydrogen-bond acceptors (Lipinski definition) is 8. The van der Waals surface area contributed by atoms with Gasteiger partial charge in [0.05, 0.1) is 16.3 Å². The molecule has 0 radical (unpaired) electrons. The molecule has 1 N–H and O–H groups in total. The molecule has 0 saturated carbocycles. The van der Waals surface area contributed by atoms with Gasteiger partial charge in [-0.2, -0.15) is 4.98 Å². The smallest absolute Gasteiger partial charge is 0.408 e. The van der Waals surface area contributed by atoms with Gasteiger partial charge >= 0.3 is 6.09 Å². The van der Waals surface area contributed by atoms with Crippen LogP contribution in [0.2, 0.25) is 0 Å². The molecule has 0 atom stereocenters. The summed E-state index contributed by atoms with van der Waals surface area (Å²) in [4.78, 5) is 35.1. The van der Waals surface area contributed by atoms with E-state index in [0.29, 0.717) is 23.0 Å². The normalized spacial score (nSPS) is 14.5. The quantitative estimate of drug-likeness (QED) is 0.667. The van der Waals surface area contributed by atoms with Crippen LogP contribution in [0.5, 0.6) is 0 Å². The van der Waals surface area contributed by atoms with E-state index in [1.807, 2.05) is 11.0 Å². The maximum absolute atomic E-state index is 12.4. The highest BCUT2D eigenvalue weighted by atomic mass is 32.2. The first kappa shape index (κ1) is 23.1. The van der Waals surface area contributed by atoms with E-state index in [4.69, 9.17) is 9.26 Å². The molecule has 9 nitrogen and oxygen atoms in total. The van der Waals surface area contributed by atoms with Gasteiger partial charge in [0.2, 0.25) is 5.89 Å². The lowest BCUT2D eigenvalue weighted by Crippen LogP contribution is -2.44. The van der Waals surface area contributed by atoms with Crippen molar-refractivity contribution < 1.29 is 18.8 Å². The maximum Gasteiger partial charge on any atom is 0.408 e. The van der Waals surface area contributed by atoms with Gasteiger partial charge in [-0.05, 0) is 59.6 Å². The highest BCUT2D eigenvalue weighted by Crippen LogP contribution is 2.23. The van der Waals surface area contributed by atoms with E-state index < -0.39 is 17.2 Å². The zero-order chi connectivity index (χ0) is 22.6. The third-order valence-corrected chi connectivity index (χ3v) is 5.49. The minimum atomic E-state index is -0.857. The Balaban J connectivity index is 1.55. The Morgan fingerprint density at radius 3 is 2.52 bits per heavy atom. The fourth-order valence-electron chi connectivity index (χ4n) is 3.01. The first-order valence-electron chi connectivity index (χ1n) is 10.3. The van der Waals surface area contributed by atoms with Crippen LogP contribution in [0.1, 0.15) is 69.5 Å². The van der Waals surface area contributed by atoms with Gasteiger partial charge < -0.3 is 19.5 Å². The van der Waals surface area contributed by atoms with Crippen LogP contribution in [-0.4, -0.2) is 50.7 Å². The van der Waals surface area contributed by atoms with Gasteiger partial charge in [0.1, 0.15) is 11.1 Å². The molecule has 1 saturated heterocycles. The first-order chi connectivity index (χ1) is 14.5. The molecule has 10 heteroatoms. The van der Waals surface area contributed by atoms with Crippen molar-refractivity contribution in [1.82, 2.24) is 25.3 Å². The number of hydrogen-bond donors (Lipinski definition) is 1. The highest BCUT2D eigenvalue weighted by Gasteiger charge is 2.31. The van der Waals surface area contributed by atoms with Gasteiger partial charge in [-0.3, -0.25) is 4.79 Å². The number of carbonyl (C=O) groups is 2. The molecule has 3 rings (SSSR count). The van der Waals surface area contributed by atoms with Crippen molar-refractivity contribution in [3.8, 4) is 0 Å². The SMILES string of the molecule is CC(C)(C)OC(=O)NC(C)(C)c1noc(CSc2ccc(C(=O)N3CCCC3)cn2)n1. The lowest BCUT2D eigenvalue weighted by atomic mass is 10.1. The van der Waals surface area contributed by atoms with Crippen LogP contribution < -0.4 is 5.32 Å². The predicted molar refractivity (Wildman–Crippen MR) is 116 cm³/mol. The Hall–Kier alpha value is -2.62. The van der Waals surface area contributed by atoms with Crippen LogP contribution in [0.3, 0.4) is 0 Å². The number of pyridine rings is 1. The van der Waals surface area contributed by atoms with Crippen LogP contribution in [0, 0.1) is 0 Å². The topological polar surface area (TPSA) is 110 Å². The van der Waals surface area contributed by atoms with Gasteiger partial charge in [0, 0.05) is 19.3 Å². The zero-order valence-electron chi connectivity index (χ0n) is 18.6. The molecule has 2 aromatic heterocycles. The summed E-state index contributed by atoms with van der Waals surface area (Å²) in [5.41, 5.74) is -0.855. The van der Waals surface area contributed by atoms with Crippen LogP contribution in [-0.2, 0) is 16.0 Å². The van der Waals surface area contributed by atoms with Crippen molar-refractivity contribution in [2.45, 2.75) is 69.4 Å². The molecule has 0 aliphatic carbocycles. The number of nitrogens with zero attached hydrogens (tertiary/aromatic N) is 4. The third-order valence-electron chi connectivity index (χ3n) is 4.56. The zero-order valence-corrected chi connectivity index (χ0v) is 19.4. The Kier molecular flexibility index (Phi) is 6.88. The highest BCUT2D eigenvalue weighted by molar-refractivity contribution is 7.98. The molecule has 0 unspecified atom stereocenters. The van der Waals surface area contributed by atoms with Gasteiger partial charge in [0.25, 0.3) is 5.91 Å². The summed E-state index contributed by atoms with van der Waals surface area (Å²) >= 11 is 1.43. The Labute approximate surface area is 186 Å². The van der Waals surface area contributed by atoms with Gasteiger partial charge in [0.15, 0.2) is 5.82 Å². The van der Waals surface area contributed by atoms with Crippen molar-refractivity contribution in [3.63, 3.8) is 0 Å². The number of ether oxygens (including phenoxy) is 1. The van der Waals surface area contributed by atoms with E-state index in [0.717, 1.165) is 31.0 Å². The van der Waals surface area contributed by atoms with E-state index >= 15 is 0 Å². The molecule has 0 aromatic carbocycles. The van der Waals surface area contributed by atoms with E-state index in [9.17, 15) is 9.59 Å². The number of carbonyl (C=O) groups excluding carboxylic acids is 2. The molecule has 0 bridgehead atoms. The molecule has 168 valence electrons. The summed E-state index contributed by atoms with van der Waals surface area (Å²) < 4.78 is 10.6. The number of nitrogens with one attached hydrogen (secondary N) is 1. The van der Waals surface area contributed by atoms with Crippen molar-refractivity contribution in [1.29, 1.82) is 0 Å². The molecule has 1 aliphatic heterocycles. The van der Waals surface area contributed by atoms with Gasteiger partial charge in [-0.1, -0.05) is 16.9 Å². The summed E-state index contributed by atoms with van der Waals surface area (Å²) in [5.74, 6) is 1.22. The summed E-state index contributed by atoms with van der Waals surface area (Å²) in [6.07, 6.45) is 3.18. The second-order valence-corrected chi connectivity index (χ2v) is 9.93. The number of likely N-dealkylation sites (tertiary alicyclic amines) is 1. The van der Waals surface area contributed by atoms with Crippen LogP contribution >= 0.6 is 11.8 Å². The average Bonchev–Trinajstić information content (AvgIpc) is 3.36. The minimum Gasteiger partial charge on any atom is -0.444 e. The molecule has 31 heavy (non-hydrogen) atoms. The van der Waals surface area contributed by atoms with Crippen LogP contribution in [0.25, 0.3) is 0 Å². The lowest BCUT2D eigenvalue weighted by Gasteiger charge is -2.26. The molecule has 2 aromatic rings. The summed E-state index contributed by atoms with van der Waals surface area (Å²) in [6, 6.07) is 3.61. The van der Waals surface area contributed by atoms with Crippen molar-refractivity contribution in [3.05, 3.63) is 35.6 Å². The van der Waals surface area contributed by atoms with Crippen molar-refractivity contribution in [2.75, 3.05) is 13.1 Å². The Bertz CT molecular complexity index is 915. The van der Waals surface area contributed by atoms with E-state index in [2.05, 4.69) is 20.4 Å². The third kappa shape index (κ3) is 6.43. The second kappa shape index (κ2) is 9.25. The average molecular weight is 448 g/mol. The number of rotatable bonds is 6. The molecule has 1 fully saturated rings. The number of alkyl carbamates (subject to hydrolysis) is 1. The predicted octanol–water partition coefficient (Wildman–Crippen LogP) is 3.75. The Morgan fingerprint density at radius 1 is 1.19 bits per heavy atom. The maximum atomic E-state index is 12.4. The second-order valence-electron chi connectivity index (χ2n) is 8.94. The number of amides is 2. The molecule has 2 amide bonds. The van der Waals surface area contributed by atoms with Crippen LogP contribution in [0.4, 0.5) is 4.79 Å². The fourth-order valence-corrected chi connectivity index (χ4v) is 3.69. The standard InChI is InChI=1S/C21H29N5O4S/c1-20(2,3)29-19(28)24-21(4,5)18-23-15(30-25-18)13-31-16-9-8-14(12-22-16)17(27)26-10-6-7-11-26/h8-9,12H,6-7,10-11,13H2,1-5H3,(H,24,28). The van der Waals surface area contributed by atoms with Gasteiger partial charge in [-0.25, -0.2) is 9.78 Å². The largest absolute Gasteiger partial charge is 0.444 e. The number of aromatic nitrogens is 3. The molecule has 1 aliphatic rings. The molecule has 3 heterocycles. The summed E-state index contributed by atoms with van der Waals surface area (Å²) in [7, 11) is 0. The molecular weight excluding hydrogens is 418 g/mol. The van der Waals surface area contributed by atoms with Gasteiger partial charge in [-0.15, -0.1) is 0 Å². The fraction of sp³-hybridized carbons (Fsp3) is 0.571. The van der Waals surface area contributed by atoms with Crippen LogP contribution in [0.15, 0.2) is 27.9 Å². The summed E-state index contributed by atoms with van der Waals surface area (Å²) in [6.45, 7) is 10.6. The van der Waals surface area contributed by atoms with Crippen molar-refractivity contribution in [2.24, 2.45) is 0 Å². The molecular formula is C21H29N5O4S. The molecule has 0 spiro atoms. The lowest BCUT2D eigenvalue weighted by molar-refractivity contribution is 0.0464. The monoisotopic (exact) mass is 447 g/mol. The minimum absolute atomic E-state index is 0.0304. The number of thioether (sulfide) groups is 1. The first-order valence-corrected chi connectivity index (χ1v) is 11.2. The Morgan fingerprint density at radius 2 is 1.90 bits per heavy atom. The van der Waals surface area contributed by atoms with Crippen molar-refractivity contribution >= 4 is 23.8 Å². The van der Waals surface area contributed by atoms with E-state index in [-0.39, 0.29) is 5.91 Å². The van der Waals surface area contributed by atoms with E-state index in [1.54, 1.807) is 46.9 Å². The summed E-state index contributed by atoms with van der Waals surface area (Å²) in [5, 5.41) is 7.50.